The minimum atomic E-state index is 1.02. The predicted molar refractivity (Wildman–Crippen MR) is 90.9 cm³/mol. The molecule has 0 bridgehead atoms. The Morgan fingerprint density at radius 2 is 1.67 bits per heavy atom. The Hall–Kier alpha value is -2.35. The second kappa shape index (κ2) is 5.57. The van der Waals surface area contributed by atoms with Gasteiger partial charge >= 0.3 is 0 Å². The first kappa shape index (κ1) is 13.6. The van der Waals surface area contributed by atoms with Crippen LogP contribution in [-0.4, -0.2) is 19.1 Å². The van der Waals surface area contributed by atoms with Crippen LogP contribution in [0.2, 0.25) is 0 Å². The summed E-state index contributed by atoms with van der Waals surface area (Å²) < 4.78 is 0. The maximum atomic E-state index is 4.85. The molecule has 0 saturated heterocycles. The number of rotatable bonds is 3. The molecule has 3 rings (SSSR count). The normalized spacial score (nSPS) is 10.8. The first-order chi connectivity index (χ1) is 10.2. The van der Waals surface area contributed by atoms with E-state index in [0.717, 1.165) is 17.9 Å². The average molecular weight is 276 g/mol. The van der Waals surface area contributed by atoms with Gasteiger partial charge in [0.1, 0.15) is 5.82 Å². The number of anilines is 1. The number of aryl methyl sites for hydroxylation is 1. The van der Waals surface area contributed by atoms with Crippen LogP contribution in [0, 0.1) is 0 Å². The van der Waals surface area contributed by atoms with Crippen molar-refractivity contribution in [1.82, 2.24) is 4.98 Å². The van der Waals surface area contributed by atoms with Crippen molar-refractivity contribution in [2.24, 2.45) is 0 Å². The van der Waals surface area contributed by atoms with Gasteiger partial charge in [0.2, 0.25) is 0 Å². The molecule has 0 unspecified atom stereocenters. The third-order valence-electron chi connectivity index (χ3n) is 3.80. The lowest BCUT2D eigenvalue weighted by Crippen LogP contribution is -2.11. The molecule has 3 aromatic rings. The Bertz CT molecular complexity index is 758. The van der Waals surface area contributed by atoms with Crippen molar-refractivity contribution in [3.63, 3.8) is 0 Å². The molecule has 106 valence electrons. The average Bonchev–Trinajstić information content (AvgIpc) is 2.53. The third kappa shape index (κ3) is 2.62. The number of nitrogens with zero attached hydrogens (tertiary/aromatic N) is 2. The molecule has 21 heavy (non-hydrogen) atoms. The van der Waals surface area contributed by atoms with Gasteiger partial charge in [-0.2, -0.15) is 0 Å². The summed E-state index contributed by atoms with van der Waals surface area (Å²) in [5, 5.41) is 2.42. The highest BCUT2D eigenvalue weighted by atomic mass is 15.1. The predicted octanol–water partition coefficient (Wildman–Crippen LogP) is 4.53. The Balaban J connectivity index is 2.18. The lowest BCUT2D eigenvalue weighted by Gasteiger charge is -2.16. The van der Waals surface area contributed by atoms with Crippen LogP contribution in [-0.2, 0) is 6.42 Å². The molecule has 0 fully saturated rings. The van der Waals surface area contributed by atoms with Crippen LogP contribution in [0.4, 0.5) is 5.82 Å². The number of benzene rings is 2. The summed E-state index contributed by atoms with van der Waals surface area (Å²) in [5.41, 5.74) is 3.55. The molecule has 0 amide bonds. The van der Waals surface area contributed by atoms with Crippen LogP contribution in [0.15, 0.2) is 54.6 Å². The Morgan fingerprint density at radius 3 is 2.33 bits per heavy atom. The zero-order valence-corrected chi connectivity index (χ0v) is 12.8. The summed E-state index contributed by atoms with van der Waals surface area (Å²) in [6, 6.07) is 19.3. The van der Waals surface area contributed by atoms with Gasteiger partial charge in [-0.3, -0.25) is 0 Å². The zero-order valence-electron chi connectivity index (χ0n) is 12.8. The van der Waals surface area contributed by atoms with E-state index in [4.69, 9.17) is 4.98 Å². The van der Waals surface area contributed by atoms with Gasteiger partial charge in [-0.05, 0) is 23.4 Å². The molecule has 0 radical (unpaired) electrons. The maximum absolute atomic E-state index is 4.85. The van der Waals surface area contributed by atoms with Crippen LogP contribution < -0.4 is 4.90 Å². The fraction of sp³-hybridized carbons (Fsp3) is 0.211. The summed E-state index contributed by atoms with van der Waals surface area (Å²) in [6.45, 7) is 2.17. The van der Waals surface area contributed by atoms with Crippen molar-refractivity contribution >= 4 is 16.6 Å². The molecule has 2 nitrogen and oxygen atoms in total. The number of hydrogen-bond acceptors (Lipinski definition) is 2. The fourth-order valence-corrected chi connectivity index (χ4v) is 2.58. The van der Waals surface area contributed by atoms with E-state index < -0.39 is 0 Å². The Kier molecular flexibility index (Phi) is 3.61. The number of fused-ring (bicyclic) bond motifs is 1. The third-order valence-corrected chi connectivity index (χ3v) is 3.80. The molecule has 2 aromatic carbocycles. The highest BCUT2D eigenvalue weighted by Gasteiger charge is 2.09. The van der Waals surface area contributed by atoms with Crippen LogP contribution in [0.5, 0.6) is 0 Å². The van der Waals surface area contributed by atoms with Gasteiger partial charge in [-0.15, -0.1) is 0 Å². The first-order valence-corrected chi connectivity index (χ1v) is 7.35. The molecule has 0 aliphatic heterocycles. The second-order valence-electron chi connectivity index (χ2n) is 5.50. The summed E-state index contributed by atoms with van der Waals surface area (Å²) >= 11 is 0. The number of pyridine rings is 1. The van der Waals surface area contributed by atoms with Gasteiger partial charge in [0, 0.05) is 25.0 Å². The van der Waals surface area contributed by atoms with Crippen molar-refractivity contribution in [2.75, 3.05) is 19.0 Å². The van der Waals surface area contributed by atoms with Gasteiger partial charge in [-0.25, -0.2) is 4.98 Å². The van der Waals surface area contributed by atoms with Crippen molar-refractivity contribution in [3.05, 3.63) is 60.2 Å². The summed E-state index contributed by atoms with van der Waals surface area (Å²) in [4.78, 5) is 6.93. The number of hydrogen-bond donors (Lipinski definition) is 0. The SMILES string of the molecule is CCc1ccc(-c2cc3ccccc3c(N(C)C)n2)cc1. The van der Waals surface area contributed by atoms with E-state index in [9.17, 15) is 0 Å². The highest BCUT2D eigenvalue weighted by Crippen LogP contribution is 2.29. The van der Waals surface area contributed by atoms with Crippen LogP contribution in [0.3, 0.4) is 0 Å². The minimum Gasteiger partial charge on any atom is -0.362 e. The van der Waals surface area contributed by atoms with Gasteiger partial charge in [0.15, 0.2) is 0 Å². The van der Waals surface area contributed by atoms with Crippen molar-refractivity contribution < 1.29 is 0 Å². The summed E-state index contributed by atoms with van der Waals surface area (Å²) in [6.07, 6.45) is 1.06. The van der Waals surface area contributed by atoms with E-state index in [1.165, 1.54) is 21.9 Å². The van der Waals surface area contributed by atoms with E-state index in [2.05, 4.69) is 66.4 Å². The Morgan fingerprint density at radius 1 is 0.952 bits per heavy atom. The van der Waals surface area contributed by atoms with Crippen LogP contribution in [0.25, 0.3) is 22.0 Å². The monoisotopic (exact) mass is 276 g/mol. The molecular weight excluding hydrogens is 256 g/mol. The smallest absolute Gasteiger partial charge is 0.136 e. The van der Waals surface area contributed by atoms with Crippen LogP contribution in [0.1, 0.15) is 12.5 Å². The molecule has 1 heterocycles. The molecule has 1 aromatic heterocycles. The molecule has 0 N–H and O–H groups in total. The van der Waals surface area contributed by atoms with E-state index >= 15 is 0 Å². The largest absolute Gasteiger partial charge is 0.362 e. The molecule has 0 saturated carbocycles. The zero-order chi connectivity index (χ0) is 14.8. The number of aromatic nitrogens is 1. The van der Waals surface area contributed by atoms with E-state index in [-0.39, 0.29) is 0 Å². The quantitative estimate of drug-likeness (QED) is 0.698. The van der Waals surface area contributed by atoms with Crippen molar-refractivity contribution in [3.8, 4) is 11.3 Å². The first-order valence-electron chi connectivity index (χ1n) is 7.35. The van der Waals surface area contributed by atoms with Gasteiger partial charge in [0.25, 0.3) is 0 Å². The van der Waals surface area contributed by atoms with Crippen molar-refractivity contribution in [1.29, 1.82) is 0 Å². The van der Waals surface area contributed by atoms with E-state index in [0.29, 0.717) is 0 Å². The highest BCUT2D eigenvalue weighted by molar-refractivity contribution is 5.94. The molecule has 0 aliphatic carbocycles. The van der Waals surface area contributed by atoms with Gasteiger partial charge in [0.05, 0.1) is 5.69 Å². The Labute approximate surface area is 126 Å². The molecular formula is C19H20N2. The van der Waals surface area contributed by atoms with Crippen molar-refractivity contribution in [2.45, 2.75) is 13.3 Å². The van der Waals surface area contributed by atoms with Gasteiger partial charge in [-0.1, -0.05) is 55.5 Å². The van der Waals surface area contributed by atoms with E-state index in [1.54, 1.807) is 0 Å². The fourth-order valence-electron chi connectivity index (χ4n) is 2.58. The molecule has 0 spiro atoms. The summed E-state index contributed by atoms with van der Waals surface area (Å²) in [7, 11) is 4.08. The maximum Gasteiger partial charge on any atom is 0.136 e. The molecule has 0 aliphatic rings. The lowest BCUT2D eigenvalue weighted by atomic mass is 10.0. The van der Waals surface area contributed by atoms with Crippen LogP contribution >= 0.6 is 0 Å². The second-order valence-corrected chi connectivity index (χ2v) is 5.50. The topological polar surface area (TPSA) is 16.1 Å². The molecule has 2 heteroatoms. The van der Waals surface area contributed by atoms with E-state index in [1.807, 2.05) is 14.1 Å². The minimum absolute atomic E-state index is 1.02. The summed E-state index contributed by atoms with van der Waals surface area (Å²) in [5.74, 6) is 1.02. The van der Waals surface area contributed by atoms with Gasteiger partial charge < -0.3 is 4.90 Å². The standard InChI is InChI=1S/C19H20N2/c1-4-14-9-11-15(12-10-14)18-13-16-7-5-6-8-17(16)19(20-18)21(2)3/h5-13H,4H2,1-3H3. The lowest BCUT2D eigenvalue weighted by molar-refractivity contribution is 1.08. The molecule has 0 atom stereocenters.